The topological polar surface area (TPSA) is 12.0 Å². The summed E-state index contributed by atoms with van der Waals surface area (Å²) in [6.45, 7) is 2.12. The Morgan fingerprint density at radius 1 is 1.19 bits per heavy atom. The van der Waals surface area contributed by atoms with Crippen molar-refractivity contribution in [2.24, 2.45) is 5.92 Å². The average molecular weight is 215 g/mol. The van der Waals surface area contributed by atoms with Crippen molar-refractivity contribution in [3.05, 3.63) is 42.5 Å². The Hall–Kier alpha value is -1.24. The van der Waals surface area contributed by atoms with Crippen LogP contribution in [0.5, 0.6) is 0 Å². The number of allylic oxidation sites excluding steroid dienone is 2. The van der Waals surface area contributed by atoms with Gasteiger partial charge >= 0.3 is 0 Å². The summed E-state index contributed by atoms with van der Waals surface area (Å²) in [4.78, 5) is 0. The first-order valence-electron chi connectivity index (χ1n) is 6.33. The zero-order chi connectivity index (χ0) is 11.2. The lowest BCUT2D eigenvalue weighted by atomic mass is 9.85. The summed E-state index contributed by atoms with van der Waals surface area (Å²) < 4.78 is 0. The molecule has 0 spiro atoms. The molecule has 1 aromatic rings. The Balaban J connectivity index is 1.90. The summed E-state index contributed by atoms with van der Waals surface area (Å²) in [6.07, 6.45) is 9.84. The van der Waals surface area contributed by atoms with Gasteiger partial charge in [0, 0.05) is 11.7 Å². The molecule has 2 atom stereocenters. The van der Waals surface area contributed by atoms with Crippen LogP contribution < -0.4 is 5.32 Å². The summed E-state index contributed by atoms with van der Waals surface area (Å²) in [5.41, 5.74) is 1.26. The molecule has 0 amide bonds. The molecule has 1 heteroatoms. The minimum atomic E-state index is 0.650. The maximum absolute atomic E-state index is 3.64. The Bertz CT molecular complexity index is 329. The van der Waals surface area contributed by atoms with E-state index in [0.29, 0.717) is 6.04 Å². The number of benzene rings is 1. The third kappa shape index (κ3) is 3.13. The highest BCUT2D eigenvalue weighted by molar-refractivity contribution is 5.43. The fraction of sp³-hybridized carbons (Fsp3) is 0.467. The van der Waals surface area contributed by atoms with Gasteiger partial charge < -0.3 is 5.32 Å². The SMILES string of the molecule is C/C=C/[C@H]1CCC[C@@H](Nc2ccccc2)C1. The van der Waals surface area contributed by atoms with E-state index in [1.54, 1.807) is 0 Å². The quantitative estimate of drug-likeness (QED) is 0.744. The van der Waals surface area contributed by atoms with Crippen LogP contribution in [0.3, 0.4) is 0 Å². The number of nitrogens with one attached hydrogen (secondary N) is 1. The van der Waals surface area contributed by atoms with Crippen LogP contribution in [-0.2, 0) is 0 Å². The van der Waals surface area contributed by atoms with Crippen molar-refractivity contribution in [1.82, 2.24) is 0 Å². The third-order valence-electron chi connectivity index (χ3n) is 3.32. The maximum Gasteiger partial charge on any atom is 0.0342 e. The highest BCUT2D eigenvalue weighted by atomic mass is 14.9. The normalized spacial score (nSPS) is 25.8. The predicted molar refractivity (Wildman–Crippen MR) is 70.6 cm³/mol. The molecule has 0 bridgehead atoms. The van der Waals surface area contributed by atoms with Crippen LogP contribution in [0.1, 0.15) is 32.6 Å². The molecule has 2 rings (SSSR count). The molecule has 0 saturated heterocycles. The molecule has 1 aliphatic carbocycles. The van der Waals surface area contributed by atoms with E-state index in [1.807, 2.05) is 0 Å². The van der Waals surface area contributed by atoms with Gasteiger partial charge in [0.05, 0.1) is 0 Å². The number of anilines is 1. The van der Waals surface area contributed by atoms with Crippen molar-refractivity contribution >= 4 is 5.69 Å². The third-order valence-corrected chi connectivity index (χ3v) is 3.32. The van der Waals surface area contributed by atoms with E-state index in [0.717, 1.165) is 5.92 Å². The van der Waals surface area contributed by atoms with Crippen LogP contribution in [-0.4, -0.2) is 6.04 Å². The molecule has 1 aliphatic rings. The van der Waals surface area contributed by atoms with Gasteiger partial charge in [-0.3, -0.25) is 0 Å². The molecule has 0 unspecified atom stereocenters. The van der Waals surface area contributed by atoms with Gasteiger partial charge in [-0.05, 0) is 44.2 Å². The summed E-state index contributed by atoms with van der Waals surface area (Å²) >= 11 is 0. The molecule has 86 valence electrons. The monoisotopic (exact) mass is 215 g/mol. The highest BCUT2D eigenvalue weighted by Crippen LogP contribution is 2.27. The molecular weight excluding hydrogens is 194 g/mol. The molecule has 1 N–H and O–H groups in total. The van der Waals surface area contributed by atoms with E-state index in [2.05, 4.69) is 54.7 Å². The van der Waals surface area contributed by atoms with Gasteiger partial charge in [-0.1, -0.05) is 36.8 Å². The Morgan fingerprint density at radius 2 is 2.00 bits per heavy atom. The van der Waals surface area contributed by atoms with Crippen molar-refractivity contribution in [1.29, 1.82) is 0 Å². The number of para-hydroxylation sites is 1. The molecule has 1 fully saturated rings. The molecule has 0 aliphatic heterocycles. The standard InChI is InChI=1S/C15H21N/c1-2-7-13-8-6-11-15(12-13)16-14-9-4-3-5-10-14/h2-5,7,9-10,13,15-16H,6,8,11-12H2,1H3/b7-2+/t13-,15+/m0/s1. The van der Waals surface area contributed by atoms with Gasteiger partial charge in [0.25, 0.3) is 0 Å². The van der Waals surface area contributed by atoms with Gasteiger partial charge in [-0.25, -0.2) is 0 Å². The van der Waals surface area contributed by atoms with E-state index in [-0.39, 0.29) is 0 Å². The van der Waals surface area contributed by atoms with E-state index < -0.39 is 0 Å². The van der Waals surface area contributed by atoms with Crippen LogP contribution in [0.2, 0.25) is 0 Å². The first-order chi connectivity index (χ1) is 7.88. The first kappa shape index (κ1) is 11.3. The van der Waals surface area contributed by atoms with Crippen molar-refractivity contribution in [2.75, 3.05) is 5.32 Å². The molecule has 0 radical (unpaired) electrons. The molecular formula is C15H21N. The fourth-order valence-electron chi connectivity index (χ4n) is 2.58. The lowest BCUT2D eigenvalue weighted by molar-refractivity contribution is 0.388. The zero-order valence-corrected chi connectivity index (χ0v) is 10.0. The Labute approximate surface area is 98.6 Å². The van der Waals surface area contributed by atoms with Crippen molar-refractivity contribution in [3.8, 4) is 0 Å². The first-order valence-corrected chi connectivity index (χ1v) is 6.33. The predicted octanol–water partition coefficient (Wildman–Crippen LogP) is 4.23. The minimum Gasteiger partial charge on any atom is -0.382 e. The van der Waals surface area contributed by atoms with Crippen LogP contribution >= 0.6 is 0 Å². The number of hydrogen-bond acceptors (Lipinski definition) is 1. The molecule has 1 saturated carbocycles. The van der Waals surface area contributed by atoms with Crippen molar-refractivity contribution in [3.63, 3.8) is 0 Å². The lowest BCUT2D eigenvalue weighted by Crippen LogP contribution is -2.26. The summed E-state index contributed by atoms with van der Waals surface area (Å²) in [5.74, 6) is 0.778. The van der Waals surface area contributed by atoms with Crippen LogP contribution in [0.25, 0.3) is 0 Å². The highest BCUT2D eigenvalue weighted by Gasteiger charge is 2.19. The molecule has 0 aromatic heterocycles. The Morgan fingerprint density at radius 3 is 2.75 bits per heavy atom. The van der Waals surface area contributed by atoms with Gasteiger partial charge in [0.1, 0.15) is 0 Å². The van der Waals surface area contributed by atoms with E-state index in [1.165, 1.54) is 31.4 Å². The summed E-state index contributed by atoms with van der Waals surface area (Å²) in [5, 5.41) is 3.64. The number of hydrogen-bond donors (Lipinski definition) is 1. The molecule has 0 heterocycles. The van der Waals surface area contributed by atoms with E-state index in [9.17, 15) is 0 Å². The second-order valence-electron chi connectivity index (χ2n) is 4.66. The average Bonchev–Trinajstić information content (AvgIpc) is 2.31. The van der Waals surface area contributed by atoms with E-state index >= 15 is 0 Å². The molecule has 1 nitrogen and oxygen atoms in total. The second-order valence-corrected chi connectivity index (χ2v) is 4.66. The van der Waals surface area contributed by atoms with Crippen LogP contribution in [0, 0.1) is 5.92 Å². The number of rotatable bonds is 3. The lowest BCUT2D eigenvalue weighted by Gasteiger charge is -2.28. The van der Waals surface area contributed by atoms with Gasteiger partial charge in [0.15, 0.2) is 0 Å². The van der Waals surface area contributed by atoms with Crippen LogP contribution in [0.4, 0.5) is 5.69 Å². The fourth-order valence-corrected chi connectivity index (χ4v) is 2.58. The summed E-state index contributed by atoms with van der Waals surface area (Å²) in [7, 11) is 0. The van der Waals surface area contributed by atoms with Gasteiger partial charge in [0.2, 0.25) is 0 Å². The van der Waals surface area contributed by atoms with Crippen LogP contribution in [0.15, 0.2) is 42.5 Å². The Kier molecular flexibility index (Phi) is 4.03. The zero-order valence-electron chi connectivity index (χ0n) is 10.0. The van der Waals surface area contributed by atoms with E-state index in [4.69, 9.17) is 0 Å². The molecule has 16 heavy (non-hydrogen) atoms. The summed E-state index contributed by atoms with van der Waals surface area (Å²) in [6, 6.07) is 11.2. The molecule has 1 aromatic carbocycles. The maximum atomic E-state index is 3.64. The second kappa shape index (κ2) is 5.74. The van der Waals surface area contributed by atoms with Gasteiger partial charge in [-0.2, -0.15) is 0 Å². The van der Waals surface area contributed by atoms with Crippen molar-refractivity contribution in [2.45, 2.75) is 38.6 Å². The largest absolute Gasteiger partial charge is 0.382 e. The smallest absolute Gasteiger partial charge is 0.0342 e. The van der Waals surface area contributed by atoms with Crippen molar-refractivity contribution < 1.29 is 0 Å². The minimum absolute atomic E-state index is 0.650. The van der Waals surface area contributed by atoms with Gasteiger partial charge in [-0.15, -0.1) is 0 Å².